The van der Waals surface area contributed by atoms with Crippen LogP contribution in [0.25, 0.3) is 0 Å². The van der Waals surface area contributed by atoms with Gasteiger partial charge in [0.2, 0.25) is 0 Å². The number of benzene rings is 1. The van der Waals surface area contributed by atoms with Crippen molar-refractivity contribution in [3.8, 4) is 0 Å². The van der Waals surface area contributed by atoms with Crippen LogP contribution in [0.4, 0.5) is 0 Å². The summed E-state index contributed by atoms with van der Waals surface area (Å²) >= 11 is 0. The summed E-state index contributed by atoms with van der Waals surface area (Å²) < 4.78 is 4.56. The van der Waals surface area contributed by atoms with Crippen LogP contribution >= 0.6 is 0 Å². The average molecular weight is 290 g/mol. The molecule has 0 N–H and O–H groups in total. The highest BCUT2D eigenvalue weighted by Gasteiger charge is 2.09. The molecule has 3 rings (SSSR count). The summed E-state index contributed by atoms with van der Waals surface area (Å²) in [5.74, 6) is 0. The molecule has 0 atom stereocenters. The zero-order chi connectivity index (χ0) is 15.4. The van der Waals surface area contributed by atoms with E-state index in [-0.39, 0.29) is 0 Å². The van der Waals surface area contributed by atoms with Gasteiger partial charge in [-0.2, -0.15) is 9.13 Å². The molecule has 2 aromatic heterocycles. The lowest BCUT2D eigenvalue weighted by atomic mass is 10.1. The lowest BCUT2D eigenvalue weighted by molar-refractivity contribution is -0.695. The van der Waals surface area contributed by atoms with Crippen molar-refractivity contribution in [3.05, 3.63) is 95.6 Å². The molecule has 0 amide bonds. The van der Waals surface area contributed by atoms with Crippen molar-refractivity contribution in [1.82, 2.24) is 0 Å². The molecule has 0 aliphatic rings. The van der Waals surface area contributed by atoms with E-state index in [1.165, 1.54) is 22.5 Å². The van der Waals surface area contributed by atoms with Crippen molar-refractivity contribution in [2.24, 2.45) is 0 Å². The molecule has 3 aromatic rings. The van der Waals surface area contributed by atoms with Gasteiger partial charge in [0.1, 0.15) is 0 Å². The van der Waals surface area contributed by atoms with Gasteiger partial charge >= 0.3 is 0 Å². The largest absolute Gasteiger partial charge is 0.198 e. The second kappa shape index (κ2) is 6.52. The van der Waals surface area contributed by atoms with Gasteiger partial charge in [0.05, 0.1) is 0 Å². The summed E-state index contributed by atoms with van der Waals surface area (Å²) in [5, 5.41) is 0. The predicted molar refractivity (Wildman–Crippen MR) is 87.4 cm³/mol. The Bertz CT molecular complexity index is 715. The van der Waals surface area contributed by atoms with Crippen LogP contribution in [0.5, 0.6) is 0 Å². The van der Waals surface area contributed by atoms with E-state index in [1.54, 1.807) is 0 Å². The van der Waals surface area contributed by atoms with E-state index in [0.717, 1.165) is 13.1 Å². The molecule has 0 bridgehead atoms. The quantitative estimate of drug-likeness (QED) is 0.653. The SMILES string of the molecule is Cc1cccc[n+]1Cc1cccc(C[n+]2ccccc2C)c1. The number of nitrogens with zero attached hydrogens (tertiary/aromatic N) is 2. The Kier molecular flexibility index (Phi) is 4.29. The first-order valence-electron chi connectivity index (χ1n) is 7.70. The van der Waals surface area contributed by atoms with E-state index in [4.69, 9.17) is 0 Å². The molecule has 2 nitrogen and oxygen atoms in total. The molecule has 2 heteroatoms. The molecule has 0 radical (unpaired) electrons. The van der Waals surface area contributed by atoms with Crippen molar-refractivity contribution in [1.29, 1.82) is 0 Å². The standard InChI is InChI=1S/C20H22N2/c1-17-8-3-5-12-21(17)15-19-10-7-11-20(14-19)16-22-13-6-4-9-18(22)2/h3-14H,15-16H2,1-2H3/q+2. The Hall–Kier alpha value is -2.48. The Morgan fingerprint density at radius 3 is 1.59 bits per heavy atom. The molecule has 0 aliphatic heterocycles. The molecule has 2 heterocycles. The van der Waals surface area contributed by atoms with Gasteiger partial charge in [-0.05, 0) is 6.07 Å². The first-order valence-corrected chi connectivity index (χ1v) is 7.70. The van der Waals surface area contributed by atoms with Gasteiger partial charge in [-0.15, -0.1) is 0 Å². The highest BCUT2D eigenvalue weighted by molar-refractivity contribution is 5.22. The first kappa shape index (κ1) is 14.5. The van der Waals surface area contributed by atoms with Crippen LogP contribution in [0.3, 0.4) is 0 Å². The minimum Gasteiger partial charge on any atom is -0.198 e. The number of rotatable bonds is 4. The maximum atomic E-state index is 2.30. The zero-order valence-corrected chi connectivity index (χ0v) is 13.2. The summed E-state index contributed by atoms with van der Waals surface area (Å²) in [5.41, 5.74) is 5.24. The summed E-state index contributed by atoms with van der Waals surface area (Å²) in [7, 11) is 0. The topological polar surface area (TPSA) is 7.76 Å². The molecule has 0 spiro atoms. The molecular formula is C20H22N2+2. The van der Waals surface area contributed by atoms with E-state index >= 15 is 0 Å². The summed E-state index contributed by atoms with van der Waals surface area (Å²) in [6.07, 6.45) is 4.27. The molecule has 0 saturated carbocycles. The van der Waals surface area contributed by atoms with E-state index in [9.17, 15) is 0 Å². The third-order valence-electron chi connectivity index (χ3n) is 4.03. The predicted octanol–water partition coefficient (Wildman–Crippen LogP) is 2.98. The fourth-order valence-electron chi connectivity index (χ4n) is 2.70. The van der Waals surface area contributed by atoms with Crippen LogP contribution in [0, 0.1) is 13.8 Å². The lowest BCUT2D eigenvalue weighted by Gasteiger charge is -2.04. The Morgan fingerprint density at radius 1 is 0.636 bits per heavy atom. The minimum atomic E-state index is 0.916. The van der Waals surface area contributed by atoms with Gasteiger partial charge in [0, 0.05) is 49.2 Å². The molecular weight excluding hydrogens is 268 g/mol. The van der Waals surface area contributed by atoms with Gasteiger partial charge in [0.15, 0.2) is 36.9 Å². The fourth-order valence-corrected chi connectivity index (χ4v) is 2.70. The van der Waals surface area contributed by atoms with Crippen LogP contribution in [-0.2, 0) is 13.1 Å². The number of hydrogen-bond acceptors (Lipinski definition) is 0. The second-order valence-electron chi connectivity index (χ2n) is 5.76. The minimum absolute atomic E-state index is 0.916. The van der Waals surface area contributed by atoms with E-state index in [0.29, 0.717) is 0 Å². The zero-order valence-electron chi connectivity index (χ0n) is 13.2. The molecule has 0 aliphatic carbocycles. The van der Waals surface area contributed by atoms with Gasteiger partial charge in [0.25, 0.3) is 0 Å². The van der Waals surface area contributed by atoms with Crippen LogP contribution < -0.4 is 9.13 Å². The van der Waals surface area contributed by atoms with E-state index in [1.807, 2.05) is 0 Å². The number of pyridine rings is 2. The lowest BCUT2D eigenvalue weighted by Crippen LogP contribution is -2.38. The normalized spacial score (nSPS) is 10.6. The van der Waals surface area contributed by atoms with Crippen molar-refractivity contribution in [2.45, 2.75) is 26.9 Å². The molecule has 0 unspecified atom stereocenters. The van der Waals surface area contributed by atoms with Gasteiger partial charge in [-0.1, -0.05) is 30.3 Å². The maximum absolute atomic E-state index is 2.30. The highest BCUT2D eigenvalue weighted by atomic mass is 15.0. The van der Waals surface area contributed by atoms with Gasteiger partial charge < -0.3 is 0 Å². The van der Waals surface area contributed by atoms with Crippen LogP contribution in [0.2, 0.25) is 0 Å². The molecule has 0 fully saturated rings. The average Bonchev–Trinajstić information content (AvgIpc) is 2.52. The van der Waals surface area contributed by atoms with Gasteiger partial charge in [-0.25, -0.2) is 0 Å². The van der Waals surface area contributed by atoms with Crippen molar-refractivity contribution in [2.75, 3.05) is 0 Å². The third kappa shape index (κ3) is 3.40. The molecule has 22 heavy (non-hydrogen) atoms. The van der Waals surface area contributed by atoms with Crippen molar-refractivity contribution in [3.63, 3.8) is 0 Å². The fraction of sp³-hybridized carbons (Fsp3) is 0.200. The van der Waals surface area contributed by atoms with Gasteiger partial charge in [-0.3, -0.25) is 0 Å². The maximum Gasteiger partial charge on any atom is 0.178 e. The molecule has 1 aromatic carbocycles. The Balaban J connectivity index is 1.81. The number of hydrogen-bond donors (Lipinski definition) is 0. The third-order valence-corrected chi connectivity index (χ3v) is 4.03. The van der Waals surface area contributed by atoms with Crippen LogP contribution in [0.1, 0.15) is 22.5 Å². The highest BCUT2D eigenvalue weighted by Crippen LogP contribution is 2.06. The number of aryl methyl sites for hydroxylation is 2. The first-order chi connectivity index (χ1) is 10.7. The monoisotopic (exact) mass is 290 g/mol. The van der Waals surface area contributed by atoms with E-state index < -0.39 is 0 Å². The van der Waals surface area contributed by atoms with Crippen LogP contribution in [-0.4, -0.2) is 0 Å². The molecule has 0 saturated heterocycles. The van der Waals surface area contributed by atoms with Crippen LogP contribution in [0.15, 0.2) is 73.1 Å². The van der Waals surface area contributed by atoms with Crippen molar-refractivity contribution < 1.29 is 9.13 Å². The summed E-state index contributed by atoms with van der Waals surface area (Å²) in [4.78, 5) is 0. The molecule has 110 valence electrons. The second-order valence-corrected chi connectivity index (χ2v) is 5.76. The number of aromatic nitrogens is 2. The smallest absolute Gasteiger partial charge is 0.178 e. The Labute approximate surface area is 132 Å². The summed E-state index contributed by atoms with van der Waals surface area (Å²) in [6, 6.07) is 21.5. The summed E-state index contributed by atoms with van der Waals surface area (Å²) in [6.45, 7) is 6.12. The van der Waals surface area contributed by atoms with E-state index in [2.05, 4.69) is 96.0 Å². The van der Waals surface area contributed by atoms with Crippen molar-refractivity contribution >= 4 is 0 Å². The Morgan fingerprint density at radius 2 is 1.14 bits per heavy atom.